The summed E-state index contributed by atoms with van der Waals surface area (Å²) in [5, 5.41) is 3.55. The minimum absolute atomic E-state index is 0.256. The molecule has 110 valence electrons. The van der Waals surface area contributed by atoms with Gasteiger partial charge >= 0.3 is 0 Å². The Morgan fingerprint density at radius 3 is 2.50 bits per heavy atom. The van der Waals surface area contributed by atoms with Crippen molar-refractivity contribution in [3.8, 4) is 0 Å². The zero-order chi connectivity index (χ0) is 15.7. The minimum atomic E-state index is -0.332. The highest BCUT2D eigenvalue weighted by molar-refractivity contribution is 7.80. The van der Waals surface area contributed by atoms with Crippen molar-refractivity contribution < 1.29 is 9.18 Å². The van der Waals surface area contributed by atoms with Crippen LogP contribution in [0.2, 0.25) is 5.02 Å². The molecule has 1 fully saturated rings. The smallest absolute Gasteiger partial charge is 0.281 e. The number of anilines is 1. The Hall–Kier alpha value is -2.24. The molecule has 6 heteroatoms. The normalized spacial score (nSPS) is 16.3. The molecule has 1 amide bonds. The lowest BCUT2D eigenvalue weighted by molar-refractivity contribution is -0.113. The van der Waals surface area contributed by atoms with Crippen LogP contribution in [0.3, 0.4) is 0 Å². The van der Waals surface area contributed by atoms with Gasteiger partial charge in [-0.25, -0.2) is 4.39 Å². The minimum Gasteiger partial charge on any atom is -0.327 e. The fourth-order valence-corrected chi connectivity index (χ4v) is 2.62. The van der Waals surface area contributed by atoms with Gasteiger partial charge in [-0.15, -0.1) is 0 Å². The molecule has 0 radical (unpaired) electrons. The van der Waals surface area contributed by atoms with Crippen molar-refractivity contribution in [2.75, 3.05) is 4.90 Å². The maximum absolute atomic E-state index is 12.9. The van der Waals surface area contributed by atoms with Crippen molar-refractivity contribution in [1.82, 2.24) is 5.32 Å². The molecular formula is C16H10ClFN2OS. The van der Waals surface area contributed by atoms with Gasteiger partial charge in [0.2, 0.25) is 0 Å². The van der Waals surface area contributed by atoms with Gasteiger partial charge in [0.1, 0.15) is 11.5 Å². The Morgan fingerprint density at radius 1 is 1.14 bits per heavy atom. The summed E-state index contributed by atoms with van der Waals surface area (Å²) in [4.78, 5) is 13.9. The molecule has 2 aromatic carbocycles. The standard InChI is InChI=1S/C16H10ClFN2OS/c17-12-3-1-2-4-14(12)20-15(21)13(19-16(20)22)9-10-5-7-11(18)8-6-10/h1-9H,(H,19,22)/b13-9-. The van der Waals surface area contributed by atoms with Gasteiger partial charge in [-0.2, -0.15) is 0 Å². The van der Waals surface area contributed by atoms with Gasteiger partial charge in [0.05, 0.1) is 10.7 Å². The molecule has 1 aliphatic rings. The van der Waals surface area contributed by atoms with E-state index in [1.165, 1.54) is 17.0 Å². The van der Waals surface area contributed by atoms with Gasteiger partial charge in [0.15, 0.2) is 5.11 Å². The first-order chi connectivity index (χ1) is 10.6. The molecule has 0 bridgehead atoms. The maximum Gasteiger partial charge on any atom is 0.281 e. The van der Waals surface area contributed by atoms with Gasteiger partial charge in [0.25, 0.3) is 5.91 Å². The topological polar surface area (TPSA) is 32.3 Å². The molecule has 0 spiro atoms. The van der Waals surface area contributed by atoms with Crippen molar-refractivity contribution in [1.29, 1.82) is 0 Å². The van der Waals surface area contributed by atoms with Gasteiger partial charge in [-0.05, 0) is 48.1 Å². The first kappa shape index (κ1) is 14.7. The van der Waals surface area contributed by atoms with Crippen molar-refractivity contribution in [3.63, 3.8) is 0 Å². The highest BCUT2D eigenvalue weighted by Crippen LogP contribution is 2.29. The van der Waals surface area contributed by atoms with E-state index in [1.807, 2.05) is 0 Å². The number of hydrogen-bond donors (Lipinski definition) is 1. The van der Waals surface area contributed by atoms with E-state index in [1.54, 1.807) is 42.5 Å². The number of thiocarbonyl (C=S) groups is 1. The van der Waals surface area contributed by atoms with Crippen molar-refractivity contribution >= 4 is 46.6 Å². The molecule has 0 atom stereocenters. The van der Waals surface area contributed by atoms with Crippen LogP contribution < -0.4 is 10.2 Å². The molecule has 22 heavy (non-hydrogen) atoms. The number of nitrogens with zero attached hydrogens (tertiary/aromatic N) is 1. The molecule has 3 rings (SSSR count). The molecule has 0 saturated carbocycles. The molecule has 1 heterocycles. The third-order valence-corrected chi connectivity index (χ3v) is 3.76. The summed E-state index contributed by atoms with van der Waals surface area (Å²) in [6.07, 6.45) is 1.62. The van der Waals surface area contributed by atoms with Crippen molar-refractivity contribution in [2.45, 2.75) is 0 Å². The SMILES string of the molecule is O=C1/C(=C/c2ccc(F)cc2)NC(=S)N1c1ccccc1Cl. The van der Waals surface area contributed by atoms with Crippen molar-refractivity contribution in [3.05, 3.63) is 70.6 Å². The molecule has 1 saturated heterocycles. The zero-order valence-electron chi connectivity index (χ0n) is 11.2. The number of nitrogens with one attached hydrogen (secondary N) is 1. The summed E-state index contributed by atoms with van der Waals surface area (Å²) in [5.74, 6) is -0.636. The van der Waals surface area contributed by atoms with E-state index < -0.39 is 0 Å². The van der Waals surface area contributed by atoms with Crippen LogP contribution in [0.1, 0.15) is 5.56 Å². The van der Waals surface area contributed by atoms with E-state index in [9.17, 15) is 9.18 Å². The summed E-state index contributed by atoms with van der Waals surface area (Å²) < 4.78 is 12.9. The van der Waals surface area contributed by atoms with Crippen LogP contribution in [-0.2, 0) is 4.79 Å². The predicted octanol–water partition coefficient (Wildman–Crippen LogP) is 3.74. The van der Waals surface area contributed by atoms with Crippen LogP contribution >= 0.6 is 23.8 Å². The molecule has 1 aliphatic heterocycles. The second kappa shape index (κ2) is 5.87. The molecule has 1 N–H and O–H groups in total. The lowest BCUT2D eigenvalue weighted by atomic mass is 10.2. The number of para-hydroxylation sites is 1. The zero-order valence-corrected chi connectivity index (χ0v) is 12.8. The van der Waals surface area contributed by atoms with Gasteiger partial charge < -0.3 is 5.32 Å². The number of rotatable bonds is 2. The Kier molecular flexibility index (Phi) is 3.92. The lowest BCUT2D eigenvalue weighted by Crippen LogP contribution is -2.30. The highest BCUT2D eigenvalue weighted by atomic mass is 35.5. The quantitative estimate of drug-likeness (QED) is 0.671. The van der Waals surface area contributed by atoms with E-state index in [0.717, 1.165) is 0 Å². The van der Waals surface area contributed by atoms with Gasteiger partial charge in [-0.1, -0.05) is 35.9 Å². The molecule has 0 unspecified atom stereocenters. The van der Waals surface area contributed by atoms with Gasteiger partial charge in [-0.3, -0.25) is 9.69 Å². The highest BCUT2D eigenvalue weighted by Gasteiger charge is 2.32. The number of hydrogen-bond acceptors (Lipinski definition) is 2. The lowest BCUT2D eigenvalue weighted by Gasteiger charge is -2.15. The molecule has 0 aromatic heterocycles. The van der Waals surface area contributed by atoms with Crippen LogP contribution in [0, 0.1) is 5.82 Å². The van der Waals surface area contributed by atoms with E-state index in [4.69, 9.17) is 23.8 Å². The summed E-state index contributed by atoms with van der Waals surface area (Å²) in [6.45, 7) is 0. The van der Waals surface area contributed by atoms with E-state index in [2.05, 4.69) is 5.32 Å². The predicted molar refractivity (Wildman–Crippen MR) is 89.0 cm³/mol. The first-order valence-corrected chi connectivity index (χ1v) is 7.22. The summed E-state index contributed by atoms with van der Waals surface area (Å²) in [7, 11) is 0. The second-order valence-electron chi connectivity index (χ2n) is 4.63. The largest absolute Gasteiger partial charge is 0.327 e. The Bertz CT molecular complexity index is 789. The monoisotopic (exact) mass is 332 g/mol. The molecule has 2 aromatic rings. The Balaban J connectivity index is 1.95. The van der Waals surface area contributed by atoms with Crippen LogP contribution in [0.4, 0.5) is 10.1 Å². The third kappa shape index (κ3) is 2.73. The average Bonchev–Trinajstić information content (AvgIpc) is 2.77. The fraction of sp³-hybridized carbons (Fsp3) is 0. The summed E-state index contributed by atoms with van der Waals surface area (Å²) in [5.41, 5.74) is 1.53. The summed E-state index contributed by atoms with van der Waals surface area (Å²) >= 11 is 11.3. The van der Waals surface area contributed by atoms with Crippen LogP contribution in [0.15, 0.2) is 54.2 Å². The molecule has 3 nitrogen and oxygen atoms in total. The number of amides is 1. The molecule has 0 aliphatic carbocycles. The summed E-state index contributed by atoms with van der Waals surface area (Å²) in [6, 6.07) is 12.8. The number of carbonyl (C=O) groups excluding carboxylic acids is 1. The Labute approximate surface area is 137 Å². The number of benzene rings is 2. The maximum atomic E-state index is 12.9. The van der Waals surface area contributed by atoms with Crippen LogP contribution in [0.25, 0.3) is 6.08 Å². The number of halogens is 2. The van der Waals surface area contributed by atoms with E-state index >= 15 is 0 Å². The fourth-order valence-electron chi connectivity index (χ4n) is 2.11. The van der Waals surface area contributed by atoms with Crippen LogP contribution in [-0.4, -0.2) is 11.0 Å². The second-order valence-corrected chi connectivity index (χ2v) is 5.43. The molecular weight excluding hydrogens is 323 g/mol. The third-order valence-electron chi connectivity index (χ3n) is 3.15. The first-order valence-electron chi connectivity index (χ1n) is 6.43. The Morgan fingerprint density at radius 2 is 1.82 bits per heavy atom. The van der Waals surface area contributed by atoms with E-state index in [-0.39, 0.29) is 16.8 Å². The van der Waals surface area contributed by atoms with Gasteiger partial charge in [0, 0.05) is 0 Å². The van der Waals surface area contributed by atoms with E-state index in [0.29, 0.717) is 22.0 Å². The van der Waals surface area contributed by atoms with Crippen LogP contribution in [0.5, 0.6) is 0 Å². The van der Waals surface area contributed by atoms with Crippen molar-refractivity contribution in [2.24, 2.45) is 0 Å². The number of carbonyl (C=O) groups is 1. The average molecular weight is 333 g/mol.